The first kappa shape index (κ1) is 13.5. The highest BCUT2D eigenvalue weighted by atomic mass is 32.1. The zero-order valence-electron chi connectivity index (χ0n) is 10.3. The number of hydrogen-bond donors (Lipinski definition) is 1. The third kappa shape index (κ3) is 3.75. The highest BCUT2D eigenvalue weighted by Gasteiger charge is 2.26. The predicted octanol–water partition coefficient (Wildman–Crippen LogP) is 1.16. The Morgan fingerprint density at radius 3 is 3.11 bits per heavy atom. The molecule has 0 bridgehead atoms. The van der Waals surface area contributed by atoms with Crippen molar-refractivity contribution in [1.82, 2.24) is 4.98 Å². The van der Waals surface area contributed by atoms with Gasteiger partial charge in [-0.05, 0) is 19.8 Å². The van der Waals surface area contributed by atoms with E-state index in [1.165, 1.54) is 11.3 Å². The lowest BCUT2D eigenvalue weighted by molar-refractivity contribution is -0.135. The van der Waals surface area contributed by atoms with E-state index in [0.29, 0.717) is 17.2 Å². The number of nitrogens with zero attached hydrogens (tertiary/aromatic N) is 2. The molecule has 0 radical (unpaired) electrons. The van der Waals surface area contributed by atoms with E-state index in [9.17, 15) is 9.59 Å². The van der Waals surface area contributed by atoms with Gasteiger partial charge in [-0.25, -0.2) is 9.78 Å². The van der Waals surface area contributed by atoms with E-state index in [4.69, 9.17) is 9.57 Å². The van der Waals surface area contributed by atoms with Crippen LogP contribution in [0.15, 0.2) is 10.5 Å². The molecule has 102 valence electrons. The molecule has 1 aliphatic carbocycles. The summed E-state index contributed by atoms with van der Waals surface area (Å²) in [4.78, 5) is 31.3. The van der Waals surface area contributed by atoms with Crippen molar-refractivity contribution in [3.8, 4) is 0 Å². The van der Waals surface area contributed by atoms with Gasteiger partial charge in [-0.3, -0.25) is 4.79 Å². The fraction of sp³-hybridized carbons (Fsp3) is 0.455. The molecule has 1 fully saturated rings. The van der Waals surface area contributed by atoms with Crippen LogP contribution < -0.4 is 5.32 Å². The first-order valence-corrected chi connectivity index (χ1v) is 6.69. The number of hydrogen-bond acceptors (Lipinski definition) is 7. The topological polar surface area (TPSA) is 89.9 Å². The molecule has 19 heavy (non-hydrogen) atoms. The van der Waals surface area contributed by atoms with Crippen molar-refractivity contribution in [2.75, 3.05) is 11.9 Å². The van der Waals surface area contributed by atoms with Crippen molar-refractivity contribution in [3.05, 3.63) is 11.1 Å². The van der Waals surface area contributed by atoms with Crippen LogP contribution in [0.5, 0.6) is 0 Å². The summed E-state index contributed by atoms with van der Waals surface area (Å²) in [6.07, 6.45) is 2.48. The van der Waals surface area contributed by atoms with Crippen LogP contribution in [0.2, 0.25) is 0 Å². The maximum atomic E-state index is 11.8. The molecule has 0 unspecified atom stereocenters. The second-order valence-electron chi connectivity index (χ2n) is 3.77. The van der Waals surface area contributed by atoms with Gasteiger partial charge in [-0.1, -0.05) is 5.16 Å². The molecule has 0 aromatic carbocycles. The number of aromatic nitrogens is 1. The van der Waals surface area contributed by atoms with E-state index in [-0.39, 0.29) is 18.4 Å². The Bertz CT molecular complexity index is 496. The number of anilines is 1. The summed E-state index contributed by atoms with van der Waals surface area (Å²) in [5, 5.41) is 8.22. The second kappa shape index (κ2) is 6.28. The molecule has 1 saturated carbocycles. The predicted molar refractivity (Wildman–Crippen MR) is 69.1 cm³/mol. The quantitative estimate of drug-likeness (QED) is 0.351. The number of amides is 1. The summed E-state index contributed by atoms with van der Waals surface area (Å²) in [7, 11) is 0. The van der Waals surface area contributed by atoms with Crippen LogP contribution in [0.1, 0.15) is 25.5 Å². The third-order valence-electron chi connectivity index (χ3n) is 2.22. The van der Waals surface area contributed by atoms with Crippen LogP contribution in [0.4, 0.5) is 5.13 Å². The van der Waals surface area contributed by atoms with Gasteiger partial charge in [-0.15, -0.1) is 11.3 Å². The average Bonchev–Trinajstić information content (AvgIpc) is 3.10. The van der Waals surface area contributed by atoms with Gasteiger partial charge in [0.05, 0.1) is 6.61 Å². The molecule has 1 heterocycles. The molecule has 7 nitrogen and oxygen atoms in total. The largest absolute Gasteiger partial charge is 0.461 e. The molecule has 0 saturated heterocycles. The Balaban J connectivity index is 2.16. The van der Waals surface area contributed by atoms with Gasteiger partial charge in [0.15, 0.2) is 5.13 Å². The zero-order chi connectivity index (χ0) is 13.7. The molecule has 1 amide bonds. The third-order valence-corrected chi connectivity index (χ3v) is 2.99. The summed E-state index contributed by atoms with van der Waals surface area (Å²) in [6.45, 7) is 1.95. The van der Waals surface area contributed by atoms with E-state index >= 15 is 0 Å². The summed E-state index contributed by atoms with van der Waals surface area (Å²) in [6, 6.07) is 0. The number of carbonyl (C=O) groups is 2. The Kier molecular flexibility index (Phi) is 4.45. The summed E-state index contributed by atoms with van der Waals surface area (Å²) in [5.74, 6) is -0.592. The van der Waals surface area contributed by atoms with Crippen LogP contribution in [0.25, 0.3) is 0 Å². The number of thiazole rings is 1. The Labute approximate surface area is 113 Å². The molecule has 1 aromatic heterocycles. The smallest absolute Gasteiger partial charge is 0.362 e. The van der Waals surface area contributed by atoms with Crippen molar-refractivity contribution in [2.24, 2.45) is 5.16 Å². The average molecular weight is 283 g/mol. The standard InChI is InChI=1S/C11H13N3O4S/c1-2-17-10(16)9(14-18-7-3-4-7)8-5-19-11(13-8)12-6-15/h5-7H,2-4H2,1H3,(H,12,13,15)/b14-9-. The van der Waals surface area contributed by atoms with Crippen LogP contribution in [0.3, 0.4) is 0 Å². The van der Waals surface area contributed by atoms with E-state index in [1.54, 1.807) is 12.3 Å². The second-order valence-corrected chi connectivity index (χ2v) is 4.62. The number of esters is 1. The maximum Gasteiger partial charge on any atom is 0.362 e. The fourth-order valence-electron chi connectivity index (χ4n) is 1.19. The van der Waals surface area contributed by atoms with Crippen LogP contribution in [-0.2, 0) is 19.2 Å². The lowest BCUT2D eigenvalue weighted by atomic mass is 10.3. The summed E-state index contributed by atoms with van der Waals surface area (Å²) < 4.78 is 4.91. The highest BCUT2D eigenvalue weighted by Crippen LogP contribution is 2.24. The Morgan fingerprint density at radius 1 is 1.68 bits per heavy atom. The summed E-state index contributed by atoms with van der Waals surface area (Å²) in [5.41, 5.74) is 0.345. The van der Waals surface area contributed by atoms with Crippen molar-refractivity contribution in [3.63, 3.8) is 0 Å². The number of rotatable bonds is 7. The molecule has 8 heteroatoms. The molecule has 2 rings (SSSR count). The minimum absolute atomic E-state index is 0.0175. The number of ether oxygens (including phenoxy) is 1. The van der Waals surface area contributed by atoms with Crippen molar-refractivity contribution in [2.45, 2.75) is 25.9 Å². The number of oxime groups is 1. The van der Waals surface area contributed by atoms with Crippen molar-refractivity contribution in [1.29, 1.82) is 0 Å². The molecule has 0 atom stereocenters. The fourth-order valence-corrected chi connectivity index (χ4v) is 1.84. The van der Waals surface area contributed by atoms with E-state index < -0.39 is 5.97 Å². The molecule has 1 aromatic rings. The van der Waals surface area contributed by atoms with E-state index in [1.807, 2.05) is 0 Å². The lowest BCUT2D eigenvalue weighted by Crippen LogP contribution is -2.20. The van der Waals surface area contributed by atoms with E-state index in [0.717, 1.165) is 12.8 Å². The van der Waals surface area contributed by atoms with Gasteiger partial charge < -0.3 is 14.9 Å². The van der Waals surface area contributed by atoms with Gasteiger partial charge in [0.2, 0.25) is 12.1 Å². The van der Waals surface area contributed by atoms with Crippen LogP contribution in [-0.4, -0.2) is 35.8 Å². The molecule has 1 aliphatic rings. The molecular formula is C11H13N3O4S. The SMILES string of the molecule is CCOC(=O)/C(=N\OC1CC1)c1csc(NC=O)n1. The van der Waals surface area contributed by atoms with Crippen molar-refractivity contribution >= 4 is 34.6 Å². The van der Waals surface area contributed by atoms with E-state index in [2.05, 4.69) is 15.5 Å². The van der Waals surface area contributed by atoms with Gasteiger partial charge in [0.1, 0.15) is 11.8 Å². The Hall–Kier alpha value is -1.96. The van der Waals surface area contributed by atoms with Crippen LogP contribution in [0, 0.1) is 0 Å². The molecule has 0 aliphatic heterocycles. The maximum absolute atomic E-state index is 11.8. The first-order valence-electron chi connectivity index (χ1n) is 5.81. The lowest BCUT2D eigenvalue weighted by Gasteiger charge is -2.03. The van der Waals surface area contributed by atoms with Crippen molar-refractivity contribution < 1.29 is 19.2 Å². The molecule has 0 spiro atoms. The minimum atomic E-state index is -0.592. The van der Waals surface area contributed by atoms with Gasteiger partial charge >= 0.3 is 5.97 Å². The summed E-state index contributed by atoms with van der Waals surface area (Å²) >= 11 is 1.19. The molecular weight excluding hydrogens is 270 g/mol. The normalized spacial score (nSPS) is 14.9. The van der Waals surface area contributed by atoms with Crippen LogP contribution >= 0.6 is 11.3 Å². The van der Waals surface area contributed by atoms with Gasteiger partial charge in [-0.2, -0.15) is 0 Å². The highest BCUT2D eigenvalue weighted by molar-refractivity contribution is 7.14. The van der Waals surface area contributed by atoms with Gasteiger partial charge in [0.25, 0.3) is 0 Å². The molecule has 1 N–H and O–H groups in total. The monoisotopic (exact) mass is 283 g/mol. The number of nitrogens with one attached hydrogen (secondary N) is 1. The first-order chi connectivity index (χ1) is 9.24. The van der Waals surface area contributed by atoms with Gasteiger partial charge in [0, 0.05) is 5.38 Å². The minimum Gasteiger partial charge on any atom is -0.461 e. The zero-order valence-corrected chi connectivity index (χ0v) is 11.1. The number of carbonyl (C=O) groups excluding carboxylic acids is 2. The Morgan fingerprint density at radius 2 is 2.47 bits per heavy atom.